The summed E-state index contributed by atoms with van der Waals surface area (Å²) in [7, 11) is 2.41. The number of likely N-dealkylation sites (tertiary alicyclic amines) is 1. The Balaban J connectivity index is 1.92. The Morgan fingerprint density at radius 2 is 2.09 bits per heavy atom. The highest BCUT2D eigenvalue weighted by molar-refractivity contribution is 7.14. The van der Waals surface area contributed by atoms with Crippen molar-refractivity contribution in [1.29, 1.82) is 0 Å². The first-order chi connectivity index (χ1) is 10.4. The van der Waals surface area contributed by atoms with Crippen molar-refractivity contribution < 1.29 is 14.7 Å². The Morgan fingerprint density at radius 1 is 1.41 bits per heavy atom. The summed E-state index contributed by atoms with van der Waals surface area (Å²) in [5, 5.41) is 8.86. The molecule has 7 heteroatoms. The van der Waals surface area contributed by atoms with Crippen LogP contribution >= 0.6 is 9.39 Å². The van der Waals surface area contributed by atoms with E-state index in [9.17, 15) is 9.59 Å². The van der Waals surface area contributed by atoms with Crippen LogP contribution in [0.2, 0.25) is 0 Å². The highest BCUT2D eigenvalue weighted by atomic mass is 31.0. The number of carboxylic acid groups (broad SMARTS) is 1. The molecule has 2 rings (SSSR count). The molecule has 2 aliphatic heterocycles. The first-order valence-electron chi connectivity index (χ1n) is 7.21. The van der Waals surface area contributed by atoms with Crippen molar-refractivity contribution in [2.45, 2.75) is 6.92 Å². The van der Waals surface area contributed by atoms with E-state index in [1.54, 1.807) is 15.6 Å². The lowest BCUT2D eigenvalue weighted by Gasteiger charge is -2.36. The number of carbonyl (C=O) groups excluding carboxylic acids is 1. The molecule has 0 aliphatic carbocycles. The van der Waals surface area contributed by atoms with Gasteiger partial charge in [0.2, 0.25) is 0 Å². The number of aliphatic carboxylic acids is 1. The lowest BCUT2D eigenvalue weighted by molar-refractivity contribution is -0.147. The average molecular weight is 323 g/mol. The maximum atomic E-state index is 11.9. The van der Waals surface area contributed by atoms with Crippen LogP contribution in [-0.2, 0) is 4.79 Å². The highest BCUT2D eigenvalue weighted by Crippen LogP contribution is 2.20. The van der Waals surface area contributed by atoms with Gasteiger partial charge in [-0.05, 0) is 28.5 Å². The Bertz CT molecular complexity index is 538. The first kappa shape index (κ1) is 16.7. The molecule has 0 saturated carbocycles. The van der Waals surface area contributed by atoms with Crippen LogP contribution in [0.15, 0.2) is 36.1 Å². The topological polar surface area (TPSA) is 64.1 Å². The number of urea groups is 1. The molecule has 1 unspecified atom stereocenters. The number of rotatable bonds is 6. The monoisotopic (exact) mass is 323 g/mol. The predicted molar refractivity (Wildman–Crippen MR) is 88.1 cm³/mol. The van der Waals surface area contributed by atoms with Gasteiger partial charge in [-0.15, -0.1) is 0 Å². The second-order valence-electron chi connectivity index (χ2n) is 5.67. The molecular weight excluding hydrogens is 301 g/mol. The Morgan fingerprint density at radius 3 is 2.59 bits per heavy atom. The minimum Gasteiger partial charge on any atom is -0.481 e. The van der Waals surface area contributed by atoms with Gasteiger partial charge >= 0.3 is 12.0 Å². The zero-order valence-electron chi connectivity index (χ0n) is 12.7. The number of hydrogen-bond acceptors (Lipinski definition) is 3. The van der Waals surface area contributed by atoms with Gasteiger partial charge in [-0.1, -0.05) is 18.2 Å². The molecule has 2 fully saturated rings. The third-order valence-electron chi connectivity index (χ3n) is 3.88. The quantitative estimate of drug-likeness (QED) is 0.595. The van der Waals surface area contributed by atoms with Crippen LogP contribution < -0.4 is 0 Å². The van der Waals surface area contributed by atoms with Crippen molar-refractivity contribution in [1.82, 2.24) is 14.5 Å². The van der Waals surface area contributed by atoms with Crippen molar-refractivity contribution >= 4 is 21.4 Å². The van der Waals surface area contributed by atoms with Crippen LogP contribution in [0, 0.1) is 5.92 Å². The molecule has 0 radical (unpaired) electrons. The summed E-state index contributed by atoms with van der Waals surface area (Å²) < 4.78 is 1.60. The molecule has 2 saturated heterocycles. The molecule has 1 atom stereocenters. The standard InChI is InChI=1S/C15H22N3O3P/c1-3-13(17-6-7-18(22)15(17)21)5-4-11(2)8-16-9-12(10-16)14(19)20/h3-5,12H,1,6-10,22H2,2H3,(H,19,20)/b11-4+,13-5+. The molecule has 2 aliphatic rings. The molecule has 22 heavy (non-hydrogen) atoms. The van der Waals surface area contributed by atoms with Gasteiger partial charge in [-0.3, -0.25) is 14.6 Å². The third-order valence-corrected chi connectivity index (χ3v) is 4.36. The second kappa shape index (κ2) is 7.07. The summed E-state index contributed by atoms with van der Waals surface area (Å²) in [4.78, 5) is 26.5. The van der Waals surface area contributed by atoms with E-state index in [0.717, 1.165) is 17.8 Å². The van der Waals surface area contributed by atoms with Crippen molar-refractivity contribution in [3.05, 3.63) is 36.1 Å². The summed E-state index contributed by atoms with van der Waals surface area (Å²) in [5.41, 5.74) is 1.90. The molecule has 1 N–H and O–H groups in total. The summed E-state index contributed by atoms with van der Waals surface area (Å²) in [5.74, 6) is -0.955. The van der Waals surface area contributed by atoms with Gasteiger partial charge in [-0.25, -0.2) is 4.79 Å². The third kappa shape index (κ3) is 3.76. The molecular formula is C15H22N3O3P. The molecule has 6 nitrogen and oxygen atoms in total. The number of amides is 2. The minimum atomic E-state index is -0.721. The van der Waals surface area contributed by atoms with E-state index in [1.165, 1.54) is 0 Å². The normalized spacial score (nSPS) is 21.3. The van der Waals surface area contributed by atoms with Crippen molar-refractivity contribution in [2.24, 2.45) is 5.92 Å². The van der Waals surface area contributed by atoms with Gasteiger partial charge in [-0.2, -0.15) is 0 Å². The smallest absolute Gasteiger partial charge is 0.327 e. The number of carboxylic acids is 1. The van der Waals surface area contributed by atoms with E-state index in [4.69, 9.17) is 5.11 Å². The highest BCUT2D eigenvalue weighted by Gasteiger charge is 2.32. The van der Waals surface area contributed by atoms with Gasteiger partial charge < -0.3 is 9.78 Å². The number of hydrogen-bond donors (Lipinski definition) is 1. The molecule has 0 aromatic rings. The van der Waals surface area contributed by atoms with Gasteiger partial charge in [0, 0.05) is 38.4 Å². The minimum absolute atomic E-state index is 0.0470. The Hall–Kier alpha value is -1.65. The SMILES string of the molecule is C=C/C(=C\C=C(/C)CN1CC(C(=O)O)C1)N1CCN(P)C1=O. The van der Waals surface area contributed by atoms with E-state index in [-0.39, 0.29) is 11.9 Å². The Kier molecular flexibility index (Phi) is 5.37. The van der Waals surface area contributed by atoms with Crippen LogP contribution in [0.4, 0.5) is 4.79 Å². The zero-order valence-corrected chi connectivity index (χ0v) is 13.9. The molecule has 120 valence electrons. The van der Waals surface area contributed by atoms with Crippen LogP contribution in [0.25, 0.3) is 0 Å². The van der Waals surface area contributed by atoms with Crippen molar-refractivity contribution in [2.75, 3.05) is 32.7 Å². The average Bonchev–Trinajstić information content (AvgIpc) is 2.75. The molecule has 0 aromatic carbocycles. The fraction of sp³-hybridized carbons (Fsp3) is 0.467. The summed E-state index contributed by atoms with van der Waals surface area (Å²) >= 11 is 0. The Labute approximate surface area is 133 Å². The first-order valence-corrected chi connectivity index (χ1v) is 7.72. The summed E-state index contributed by atoms with van der Waals surface area (Å²) in [6, 6.07) is -0.0470. The molecule has 2 amide bonds. The molecule has 0 aromatic heterocycles. The van der Waals surface area contributed by atoms with Crippen LogP contribution in [0.1, 0.15) is 6.92 Å². The van der Waals surface area contributed by atoms with Crippen LogP contribution in [0.3, 0.4) is 0 Å². The van der Waals surface area contributed by atoms with Gasteiger partial charge in [0.25, 0.3) is 0 Å². The number of nitrogens with zero attached hydrogens (tertiary/aromatic N) is 3. The molecule has 0 bridgehead atoms. The molecule has 0 spiro atoms. The van der Waals surface area contributed by atoms with E-state index in [2.05, 4.69) is 20.9 Å². The zero-order chi connectivity index (χ0) is 16.3. The largest absolute Gasteiger partial charge is 0.481 e. The van der Waals surface area contributed by atoms with Crippen LogP contribution in [0.5, 0.6) is 0 Å². The summed E-state index contributed by atoms with van der Waals surface area (Å²) in [6.07, 6.45) is 5.53. The fourth-order valence-electron chi connectivity index (χ4n) is 2.55. The fourth-order valence-corrected chi connectivity index (χ4v) is 2.80. The van der Waals surface area contributed by atoms with Crippen LogP contribution in [-0.4, -0.2) is 64.3 Å². The van der Waals surface area contributed by atoms with E-state index in [1.807, 2.05) is 19.1 Å². The second-order valence-corrected chi connectivity index (χ2v) is 6.29. The van der Waals surface area contributed by atoms with Crippen molar-refractivity contribution in [3.8, 4) is 0 Å². The number of carbonyl (C=O) groups is 2. The van der Waals surface area contributed by atoms with E-state index >= 15 is 0 Å². The maximum absolute atomic E-state index is 11.9. The van der Waals surface area contributed by atoms with Gasteiger partial charge in [0.05, 0.1) is 5.92 Å². The van der Waals surface area contributed by atoms with E-state index in [0.29, 0.717) is 26.2 Å². The van der Waals surface area contributed by atoms with Gasteiger partial charge in [0.15, 0.2) is 0 Å². The van der Waals surface area contributed by atoms with E-state index < -0.39 is 5.97 Å². The predicted octanol–water partition coefficient (Wildman–Crippen LogP) is 1.55. The van der Waals surface area contributed by atoms with Crippen molar-refractivity contribution in [3.63, 3.8) is 0 Å². The lowest BCUT2D eigenvalue weighted by atomic mass is 10.00. The lowest BCUT2D eigenvalue weighted by Crippen LogP contribution is -2.50. The van der Waals surface area contributed by atoms with Gasteiger partial charge in [0.1, 0.15) is 0 Å². The maximum Gasteiger partial charge on any atom is 0.327 e. The number of allylic oxidation sites excluding steroid dienone is 3. The summed E-state index contributed by atoms with van der Waals surface area (Å²) in [6.45, 7) is 9.05. The molecule has 2 heterocycles.